The first-order valence-electron chi connectivity index (χ1n) is 24.6. The molecule has 15 heteroatoms. The van der Waals surface area contributed by atoms with Gasteiger partial charge in [0.05, 0.1) is 121 Å². The minimum Gasteiger partial charge on any atom is -0.478 e. The van der Waals surface area contributed by atoms with Crippen LogP contribution in [-0.2, 0) is 52.2 Å². The van der Waals surface area contributed by atoms with Crippen LogP contribution in [0.25, 0.3) is 0 Å². The zero-order chi connectivity index (χ0) is 46.0. The molecule has 4 N–H and O–H groups in total. The summed E-state index contributed by atoms with van der Waals surface area (Å²) in [5.41, 5.74) is -2.42. The monoisotopic (exact) mass is 915 g/mol. The van der Waals surface area contributed by atoms with Crippen LogP contribution >= 0.6 is 0 Å². The molecule has 0 aromatic heterocycles. The van der Waals surface area contributed by atoms with Crippen molar-refractivity contribution in [3.8, 4) is 0 Å². The number of fused-ring (bicyclic) bond motifs is 9. The van der Waals surface area contributed by atoms with Gasteiger partial charge in [-0.15, -0.1) is 0 Å². The molecule has 0 saturated carbocycles. The molecule has 10 heterocycles. The Morgan fingerprint density at radius 3 is 2.25 bits per heavy atom. The van der Waals surface area contributed by atoms with Crippen molar-refractivity contribution in [1.29, 1.82) is 0 Å². The van der Waals surface area contributed by atoms with Crippen LogP contribution < -0.4 is 0 Å². The fourth-order valence-electron chi connectivity index (χ4n) is 13.8. The number of hydrogen-bond acceptors (Lipinski definition) is 14. The van der Waals surface area contributed by atoms with Crippen LogP contribution in [0.5, 0.6) is 0 Å². The SMILES string of the molecule is C=C(CO)C[C@@H]1C[C@H](O)[C@]2(C)O[C@@H]3C[C@@H]4O[C@@H]5C[C@]6(C)O[C@]7(C)CC[C@@H]8O[C@@H]9C[C@]%10(C)O[C@H](/C(C)=C/C(=O)O)[C@@H](O)C[C@H]%10O[C@H]9C[C@@H](C)[C@H]8O[C@H]7C[C@H]6O[C@@]5(C)C/C=C\[C@H]4O[C@H]3C[C@H]2O1. The van der Waals surface area contributed by atoms with Crippen LogP contribution in [0.1, 0.15) is 126 Å². The molecule has 10 rings (SSSR count). The number of rotatable bonds is 5. The van der Waals surface area contributed by atoms with Gasteiger partial charge in [0, 0.05) is 51.0 Å². The van der Waals surface area contributed by atoms with E-state index in [9.17, 15) is 25.2 Å². The Bertz CT molecular complexity index is 1890. The molecule has 0 aliphatic carbocycles. The van der Waals surface area contributed by atoms with E-state index in [1.807, 2.05) is 13.8 Å². The van der Waals surface area contributed by atoms with E-state index in [1.165, 1.54) is 0 Å². The first-order valence-corrected chi connectivity index (χ1v) is 24.6. The molecular formula is C50H74O15. The summed E-state index contributed by atoms with van der Waals surface area (Å²) >= 11 is 0. The van der Waals surface area contributed by atoms with Gasteiger partial charge in [0.2, 0.25) is 0 Å². The van der Waals surface area contributed by atoms with E-state index in [1.54, 1.807) is 6.92 Å². The summed E-state index contributed by atoms with van der Waals surface area (Å²) in [5, 5.41) is 41.5. The fourth-order valence-corrected chi connectivity index (χ4v) is 13.8. The minimum atomic E-state index is -1.07. The van der Waals surface area contributed by atoms with E-state index in [4.69, 9.17) is 47.4 Å². The van der Waals surface area contributed by atoms with Crippen molar-refractivity contribution in [2.24, 2.45) is 5.92 Å². The number of carbonyl (C=O) groups is 1. The fraction of sp³-hybridized carbons (Fsp3) is 0.860. The molecule has 10 aliphatic rings. The average molecular weight is 915 g/mol. The molecule has 9 fully saturated rings. The molecule has 9 saturated heterocycles. The third-order valence-electron chi connectivity index (χ3n) is 17.6. The Morgan fingerprint density at radius 2 is 1.48 bits per heavy atom. The van der Waals surface area contributed by atoms with Crippen molar-refractivity contribution < 1.29 is 72.6 Å². The number of aliphatic carboxylic acids is 1. The lowest BCUT2D eigenvalue weighted by atomic mass is 9.72. The van der Waals surface area contributed by atoms with Gasteiger partial charge in [-0.3, -0.25) is 0 Å². The van der Waals surface area contributed by atoms with Crippen LogP contribution in [0, 0.1) is 5.92 Å². The van der Waals surface area contributed by atoms with E-state index in [2.05, 4.69) is 46.4 Å². The molecule has 0 amide bonds. The number of carboxylic acid groups (broad SMARTS) is 1. The highest BCUT2D eigenvalue weighted by Crippen LogP contribution is 2.55. The van der Waals surface area contributed by atoms with Crippen LogP contribution in [0.15, 0.2) is 36.0 Å². The molecule has 65 heavy (non-hydrogen) atoms. The summed E-state index contributed by atoms with van der Waals surface area (Å²) in [4.78, 5) is 11.5. The topological polar surface area (TPSA) is 190 Å². The van der Waals surface area contributed by atoms with Crippen LogP contribution in [-0.4, -0.2) is 165 Å². The third kappa shape index (κ3) is 8.35. The van der Waals surface area contributed by atoms with Crippen molar-refractivity contribution in [2.45, 2.75) is 257 Å². The predicted molar refractivity (Wildman–Crippen MR) is 233 cm³/mol. The van der Waals surface area contributed by atoms with Gasteiger partial charge < -0.3 is 67.8 Å². The second-order valence-corrected chi connectivity index (χ2v) is 22.7. The Kier molecular flexibility index (Phi) is 12.2. The number of ether oxygens (including phenoxy) is 10. The van der Waals surface area contributed by atoms with E-state index < -0.39 is 52.3 Å². The maximum absolute atomic E-state index is 11.5. The molecule has 364 valence electrons. The van der Waals surface area contributed by atoms with Gasteiger partial charge in [0.25, 0.3) is 0 Å². The van der Waals surface area contributed by atoms with Crippen molar-refractivity contribution in [3.05, 3.63) is 36.0 Å². The first-order chi connectivity index (χ1) is 30.7. The summed E-state index contributed by atoms with van der Waals surface area (Å²) in [5.74, 6) is -0.954. The standard InChI is InChI=1S/C50H74O15/c1-25(24-51)14-28-17-37(53)50(8)41(56-28)20-34-35(62-50)19-33-30(57-34)10-9-12-46(4)42(60-33)23-49(7)40(63-46)21-39-47(5,65-49)13-11-31-45(61-39)26(2)15-32-36(58-31)22-48(6)38(59-32)18-29(52)44(64-48)27(3)16-43(54)55/h9-10,16,26,28-42,44-45,51-53H,1,11-15,17-24H2,2-8H3,(H,54,55)/b10-9-,27-16+/t26-,28-,29+,30-,31+,32+,33+,34+,35-,36-,37+,38-,39+,40-,41-,42-,44-,45-,46+,47-,48+,49+,50+/m1/s1. The van der Waals surface area contributed by atoms with Gasteiger partial charge in [-0.1, -0.05) is 25.7 Å². The Labute approximate surface area is 383 Å². The lowest BCUT2D eigenvalue weighted by Gasteiger charge is -2.60. The van der Waals surface area contributed by atoms with E-state index in [0.29, 0.717) is 68.9 Å². The van der Waals surface area contributed by atoms with Gasteiger partial charge in [-0.25, -0.2) is 4.79 Å². The minimum absolute atomic E-state index is 0.109. The highest BCUT2D eigenvalue weighted by molar-refractivity contribution is 5.80. The van der Waals surface area contributed by atoms with Gasteiger partial charge in [-0.2, -0.15) is 0 Å². The summed E-state index contributed by atoms with van der Waals surface area (Å²) in [6, 6.07) is 0. The number of carboxylic acids is 1. The quantitative estimate of drug-likeness (QED) is 0.218. The van der Waals surface area contributed by atoms with Crippen molar-refractivity contribution in [1.82, 2.24) is 0 Å². The second-order valence-electron chi connectivity index (χ2n) is 22.7. The molecule has 0 bridgehead atoms. The van der Waals surface area contributed by atoms with Crippen molar-refractivity contribution in [3.63, 3.8) is 0 Å². The lowest BCUT2D eigenvalue weighted by Crippen LogP contribution is -2.70. The van der Waals surface area contributed by atoms with E-state index >= 15 is 0 Å². The Balaban J connectivity index is 0.824. The summed E-state index contributed by atoms with van der Waals surface area (Å²) < 4.78 is 69.5. The smallest absolute Gasteiger partial charge is 0.328 e. The average Bonchev–Trinajstić information content (AvgIpc) is 3.43. The molecule has 0 aromatic rings. The van der Waals surface area contributed by atoms with Crippen LogP contribution in [0.4, 0.5) is 0 Å². The number of hydrogen-bond donors (Lipinski definition) is 4. The summed E-state index contributed by atoms with van der Waals surface area (Å²) in [6.45, 7) is 18.2. The maximum Gasteiger partial charge on any atom is 0.328 e. The van der Waals surface area contributed by atoms with Crippen molar-refractivity contribution in [2.75, 3.05) is 6.61 Å². The van der Waals surface area contributed by atoms with Gasteiger partial charge in [0.15, 0.2) is 0 Å². The highest BCUT2D eigenvalue weighted by atomic mass is 16.6. The zero-order valence-corrected chi connectivity index (χ0v) is 39.3. The molecule has 10 aliphatic heterocycles. The number of aliphatic hydroxyl groups is 3. The number of aliphatic hydroxyl groups excluding tert-OH is 3. The Hall–Kier alpha value is -1.83. The third-order valence-corrected chi connectivity index (χ3v) is 17.6. The molecule has 15 nitrogen and oxygen atoms in total. The molecule has 0 spiro atoms. The van der Waals surface area contributed by atoms with E-state index in [-0.39, 0.29) is 98.0 Å². The van der Waals surface area contributed by atoms with E-state index in [0.717, 1.165) is 25.3 Å². The normalized spacial score (nSPS) is 55.7. The van der Waals surface area contributed by atoms with Crippen LogP contribution in [0.3, 0.4) is 0 Å². The summed E-state index contributed by atoms with van der Waals surface area (Å²) in [6.07, 6.45) is 6.49. The first kappa shape index (κ1) is 46.9. The second kappa shape index (κ2) is 16.9. The lowest BCUT2D eigenvalue weighted by molar-refractivity contribution is -0.356. The van der Waals surface area contributed by atoms with Crippen LogP contribution in [0.2, 0.25) is 0 Å². The largest absolute Gasteiger partial charge is 0.478 e. The molecule has 23 atom stereocenters. The predicted octanol–water partition coefficient (Wildman–Crippen LogP) is 4.79. The van der Waals surface area contributed by atoms with Gasteiger partial charge >= 0.3 is 5.97 Å². The molecule has 0 radical (unpaired) electrons. The maximum atomic E-state index is 11.5. The highest BCUT2D eigenvalue weighted by Gasteiger charge is 2.64. The van der Waals surface area contributed by atoms with Crippen molar-refractivity contribution >= 4 is 5.97 Å². The molecule has 0 aromatic carbocycles. The van der Waals surface area contributed by atoms with Gasteiger partial charge in [0.1, 0.15) is 17.8 Å². The molecule has 0 unspecified atom stereocenters. The Morgan fingerprint density at radius 1 is 0.723 bits per heavy atom. The molecular weight excluding hydrogens is 841 g/mol. The van der Waals surface area contributed by atoms with Gasteiger partial charge in [-0.05, 0) is 90.7 Å². The zero-order valence-electron chi connectivity index (χ0n) is 39.3. The summed E-state index contributed by atoms with van der Waals surface area (Å²) in [7, 11) is 0.